The SMILES string of the molecule is CCCCNS(=O)(=O)N1C=CSC1. The van der Waals surface area contributed by atoms with Gasteiger partial charge in [-0.05, 0) is 11.8 Å². The molecule has 0 radical (unpaired) electrons. The van der Waals surface area contributed by atoms with E-state index in [4.69, 9.17) is 0 Å². The maximum atomic E-state index is 11.5. The second kappa shape index (κ2) is 4.88. The first kappa shape index (κ1) is 10.9. The standard InChI is InChI=1S/C7H14N2O2S2/c1-2-3-4-8-13(10,11)9-5-6-12-7-9/h5-6,8H,2-4,7H2,1H3. The molecule has 0 atom stereocenters. The van der Waals surface area contributed by atoms with Gasteiger partial charge in [-0.1, -0.05) is 13.3 Å². The first-order valence-electron chi connectivity index (χ1n) is 4.21. The summed E-state index contributed by atoms with van der Waals surface area (Å²) in [4.78, 5) is 0. The zero-order valence-corrected chi connectivity index (χ0v) is 9.20. The number of rotatable bonds is 5. The highest BCUT2D eigenvalue weighted by Crippen LogP contribution is 2.17. The molecule has 0 aromatic rings. The fourth-order valence-corrected chi connectivity index (χ4v) is 3.04. The number of nitrogens with one attached hydrogen (secondary N) is 1. The number of hydrogen-bond acceptors (Lipinski definition) is 3. The molecule has 6 heteroatoms. The number of hydrogen-bond donors (Lipinski definition) is 1. The van der Waals surface area contributed by atoms with Gasteiger partial charge in [0.2, 0.25) is 0 Å². The number of nitrogens with zero attached hydrogens (tertiary/aromatic N) is 1. The molecule has 0 spiro atoms. The monoisotopic (exact) mass is 222 g/mol. The Morgan fingerprint density at radius 2 is 2.38 bits per heavy atom. The molecule has 13 heavy (non-hydrogen) atoms. The van der Waals surface area contributed by atoms with Crippen molar-refractivity contribution in [2.75, 3.05) is 12.4 Å². The fourth-order valence-electron chi connectivity index (χ4n) is 0.881. The molecule has 0 amide bonds. The van der Waals surface area contributed by atoms with Gasteiger partial charge < -0.3 is 0 Å². The minimum atomic E-state index is -3.26. The van der Waals surface area contributed by atoms with Gasteiger partial charge in [0.05, 0.1) is 5.88 Å². The van der Waals surface area contributed by atoms with Crippen molar-refractivity contribution in [2.45, 2.75) is 19.8 Å². The fraction of sp³-hybridized carbons (Fsp3) is 0.714. The summed E-state index contributed by atoms with van der Waals surface area (Å²) in [7, 11) is -3.26. The van der Waals surface area contributed by atoms with Gasteiger partial charge in [-0.3, -0.25) is 4.31 Å². The van der Waals surface area contributed by atoms with E-state index in [1.807, 2.05) is 6.92 Å². The van der Waals surface area contributed by atoms with Crippen LogP contribution in [0, 0.1) is 0 Å². The first-order chi connectivity index (χ1) is 6.17. The van der Waals surface area contributed by atoms with E-state index in [1.54, 1.807) is 11.6 Å². The topological polar surface area (TPSA) is 49.4 Å². The molecule has 0 saturated heterocycles. The summed E-state index contributed by atoms with van der Waals surface area (Å²) < 4.78 is 26.8. The van der Waals surface area contributed by atoms with Crippen LogP contribution in [0.15, 0.2) is 11.6 Å². The Labute approximate surface area is 83.6 Å². The highest BCUT2D eigenvalue weighted by molar-refractivity contribution is 8.03. The van der Waals surface area contributed by atoms with Crippen molar-refractivity contribution in [3.8, 4) is 0 Å². The van der Waals surface area contributed by atoms with E-state index in [-0.39, 0.29) is 0 Å². The molecule has 1 heterocycles. The minimum absolute atomic E-state index is 0.488. The minimum Gasteiger partial charge on any atom is -0.254 e. The number of unbranched alkanes of at least 4 members (excludes halogenated alkanes) is 1. The number of thioether (sulfide) groups is 1. The predicted molar refractivity (Wildman–Crippen MR) is 55.3 cm³/mol. The van der Waals surface area contributed by atoms with E-state index in [1.165, 1.54) is 16.1 Å². The lowest BCUT2D eigenvalue weighted by Crippen LogP contribution is -2.36. The lowest BCUT2D eigenvalue weighted by atomic mass is 10.3. The van der Waals surface area contributed by atoms with Crippen molar-refractivity contribution in [3.05, 3.63) is 11.6 Å². The van der Waals surface area contributed by atoms with E-state index < -0.39 is 10.2 Å². The van der Waals surface area contributed by atoms with Gasteiger partial charge in [-0.15, -0.1) is 11.8 Å². The third-order valence-corrected chi connectivity index (χ3v) is 3.99. The van der Waals surface area contributed by atoms with Crippen molar-refractivity contribution >= 4 is 22.0 Å². The maximum Gasteiger partial charge on any atom is 0.301 e. The second-order valence-corrected chi connectivity index (χ2v) is 5.29. The van der Waals surface area contributed by atoms with Crippen LogP contribution in [0.5, 0.6) is 0 Å². The third kappa shape index (κ3) is 3.21. The van der Waals surface area contributed by atoms with E-state index in [2.05, 4.69) is 4.72 Å². The predicted octanol–water partition coefficient (Wildman–Crippen LogP) is 1.10. The molecular weight excluding hydrogens is 208 g/mol. The Balaban J connectivity index is 2.41. The summed E-state index contributed by atoms with van der Waals surface area (Å²) in [6, 6.07) is 0. The Morgan fingerprint density at radius 3 is 2.92 bits per heavy atom. The molecular formula is C7H14N2O2S2. The summed E-state index contributed by atoms with van der Waals surface area (Å²) >= 11 is 1.47. The van der Waals surface area contributed by atoms with Crippen LogP contribution in [-0.2, 0) is 10.2 Å². The largest absolute Gasteiger partial charge is 0.301 e. The molecule has 1 aliphatic rings. The van der Waals surface area contributed by atoms with Crippen molar-refractivity contribution in [1.29, 1.82) is 0 Å². The van der Waals surface area contributed by atoms with Crippen LogP contribution < -0.4 is 4.72 Å². The van der Waals surface area contributed by atoms with Gasteiger partial charge >= 0.3 is 10.2 Å². The molecule has 76 valence electrons. The molecule has 0 aromatic carbocycles. The average molecular weight is 222 g/mol. The summed E-state index contributed by atoms with van der Waals surface area (Å²) in [5, 5.41) is 1.78. The van der Waals surface area contributed by atoms with Crippen molar-refractivity contribution in [1.82, 2.24) is 9.03 Å². The molecule has 1 aliphatic heterocycles. The van der Waals surface area contributed by atoms with Gasteiger partial charge in [0.25, 0.3) is 0 Å². The Hall–Kier alpha value is -0.200. The van der Waals surface area contributed by atoms with Crippen LogP contribution in [0.2, 0.25) is 0 Å². The molecule has 0 fully saturated rings. The lowest BCUT2D eigenvalue weighted by Gasteiger charge is -2.15. The van der Waals surface area contributed by atoms with Gasteiger partial charge in [0.15, 0.2) is 0 Å². The highest BCUT2D eigenvalue weighted by atomic mass is 32.2. The molecule has 1 N–H and O–H groups in total. The van der Waals surface area contributed by atoms with Gasteiger partial charge in [-0.2, -0.15) is 13.1 Å². The summed E-state index contributed by atoms with van der Waals surface area (Å²) in [6.45, 7) is 2.55. The summed E-state index contributed by atoms with van der Waals surface area (Å²) in [6.07, 6.45) is 3.45. The normalized spacial score (nSPS) is 16.8. The van der Waals surface area contributed by atoms with Gasteiger partial charge in [0.1, 0.15) is 0 Å². The summed E-state index contributed by atoms with van der Waals surface area (Å²) in [5.74, 6) is 0.488. The van der Waals surface area contributed by atoms with Crippen LogP contribution >= 0.6 is 11.8 Å². The molecule has 0 unspecified atom stereocenters. The highest BCUT2D eigenvalue weighted by Gasteiger charge is 2.19. The molecule has 0 aliphatic carbocycles. The quantitative estimate of drug-likeness (QED) is 0.709. The zero-order valence-electron chi connectivity index (χ0n) is 7.56. The second-order valence-electron chi connectivity index (χ2n) is 2.72. The van der Waals surface area contributed by atoms with Crippen LogP contribution in [0.25, 0.3) is 0 Å². The van der Waals surface area contributed by atoms with Crippen LogP contribution in [-0.4, -0.2) is 25.1 Å². The lowest BCUT2D eigenvalue weighted by molar-refractivity contribution is 0.518. The van der Waals surface area contributed by atoms with Gasteiger partial charge in [-0.25, -0.2) is 0 Å². The van der Waals surface area contributed by atoms with E-state index >= 15 is 0 Å². The Kier molecular flexibility index (Phi) is 4.08. The van der Waals surface area contributed by atoms with Crippen molar-refractivity contribution in [2.24, 2.45) is 0 Å². The van der Waals surface area contributed by atoms with Crippen LogP contribution in [0.1, 0.15) is 19.8 Å². The molecule has 0 bridgehead atoms. The average Bonchev–Trinajstić information content (AvgIpc) is 2.56. The zero-order chi connectivity index (χ0) is 9.73. The summed E-state index contributed by atoms with van der Waals surface area (Å²) in [5.41, 5.74) is 0. The van der Waals surface area contributed by atoms with Crippen molar-refractivity contribution < 1.29 is 8.42 Å². The smallest absolute Gasteiger partial charge is 0.254 e. The Bertz CT molecular complexity index is 274. The van der Waals surface area contributed by atoms with E-state index in [0.29, 0.717) is 12.4 Å². The van der Waals surface area contributed by atoms with E-state index in [0.717, 1.165) is 12.8 Å². The molecule has 4 nitrogen and oxygen atoms in total. The van der Waals surface area contributed by atoms with Crippen LogP contribution in [0.4, 0.5) is 0 Å². The van der Waals surface area contributed by atoms with Crippen LogP contribution in [0.3, 0.4) is 0 Å². The first-order valence-corrected chi connectivity index (χ1v) is 6.70. The van der Waals surface area contributed by atoms with Gasteiger partial charge in [0, 0.05) is 12.7 Å². The molecule has 0 aromatic heterocycles. The third-order valence-electron chi connectivity index (χ3n) is 1.65. The van der Waals surface area contributed by atoms with Crippen molar-refractivity contribution in [3.63, 3.8) is 0 Å². The maximum absolute atomic E-state index is 11.5. The molecule has 1 rings (SSSR count). The van der Waals surface area contributed by atoms with E-state index in [9.17, 15) is 8.42 Å². The molecule has 0 saturated carbocycles. The Morgan fingerprint density at radius 1 is 1.62 bits per heavy atom.